The van der Waals surface area contributed by atoms with Gasteiger partial charge in [0.25, 0.3) is 0 Å². The maximum absolute atomic E-state index is 3.78. The van der Waals surface area contributed by atoms with Gasteiger partial charge in [-0.3, -0.25) is 0 Å². The van der Waals surface area contributed by atoms with Gasteiger partial charge in [0.15, 0.2) is 0 Å². The summed E-state index contributed by atoms with van der Waals surface area (Å²) in [5.74, 6) is 0.851. The molecule has 0 aromatic rings. The predicted octanol–water partition coefficient (Wildman–Crippen LogP) is 8.85. The van der Waals surface area contributed by atoms with Crippen LogP contribution in [0.5, 0.6) is 0 Å². The van der Waals surface area contributed by atoms with Crippen molar-refractivity contribution in [3.63, 3.8) is 0 Å². The molecular weight excluding hydrogens is 276 g/mol. The van der Waals surface area contributed by atoms with Gasteiger partial charge < -0.3 is 0 Å². The highest BCUT2D eigenvalue weighted by Gasteiger charge is 2.07. The Morgan fingerprint density at radius 1 is 0.478 bits per heavy atom. The zero-order valence-corrected chi connectivity index (χ0v) is 16.6. The van der Waals surface area contributed by atoms with E-state index < -0.39 is 0 Å². The molecule has 3 rings (SSSR count). The van der Waals surface area contributed by atoms with Crippen LogP contribution >= 0.6 is 0 Å². The molecule has 0 aliphatic heterocycles. The lowest BCUT2D eigenvalue weighted by molar-refractivity contribution is 0.420. The van der Waals surface area contributed by atoms with Gasteiger partial charge in [-0.05, 0) is 18.8 Å². The van der Waals surface area contributed by atoms with Crippen molar-refractivity contribution in [3.05, 3.63) is 12.7 Å². The second-order valence-electron chi connectivity index (χ2n) is 7.23. The van der Waals surface area contributed by atoms with E-state index >= 15 is 0 Å². The minimum atomic E-state index is 0.851. The molecule has 0 aromatic heterocycles. The van der Waals surface area contributed by atoms with Crippen molar-refractivity contribution in [2.24, 2.45) is 5.92 Å². The SMILES string of the molecule is C1CCCCC1.C1CCCCCC1.C=CC1CCCCC1.CC. The van der Waals surface area contributed by atoms with Crippen molar-refractivity contribution < 1.29 is 0 Å². The molecule has 0 heteroatoms. The molecule has 0 saturated heterocycles. The van der Waals surface area contributed by atoms with Gasteiger partial charge in [-0.2, -0.15) is 0 Å². The van der Waals surface area contributed by atoms with Crippen LogP contribution < -0.4 is 0 Å². The van der Waals surface area contributed by atoms with Crippen LogP contribution in [-0.4, -0.2) is 0 Å². The van der Waals surface area contributed by atoms with Gasteiger partial charge >= 0.3 is 0 Å². The Bertz CT molecular complexity index is 177. The summed E-state index contributed by atoms with van der Waals surface area (Å²) in [6, 6.07) is 0. The van der Waals surface area contributed by atoms with Crippen molar-refractivity contribution >= 4 is 0 Å². The molecule has 3 saturated carbocycles. The quantitative estimate of drug-likeness (QED) is 0.334. The highest BCUT2D eigenvalue weighted by Crippen LogP contribution is 2.23. The predicted molar refractivity (Wildman–Crippen MR) is 108 cm³/mol. The van der Waals surface area contributed by atoms with Crippen LogP contribution in [0.15, 0.2) is 12.7 Å². The van der Waals surface area contributed by atoms with Crippen molar-refractivity contribution in [3.8, 4) is 0 Å². The number of allylic oxidation sites excluding steroid dienone is 1. The normalized spacial score (nSPS) is 21.8. The number of rotatable bonds is 1. The van der Waals surface area contributed by atoms with E-state index in [1.807, 2.05) is 13.8 Å². The molecule has 0 amide bonds. The Kier molecular flexibility index (Phi) is 19.6. The molecule has 3 fully saturated rings. The molecule has 138 valence electrons. The molecule has 23 heavy (non-hydrogen) atoms. The first-order valence-corrected chi connectivity index (χ1v) is 11.1. The fraction of sp³-hybridized carbons (Fsp3) is 0.913. The third-order valence-electron chi connectivity index (χ3n) is 5.23. The van der Waals surface area contributed by atoms with Crippen LogP contribution in [-0.2, 0) is 0 Å². The van der Waals surface area contributed by atoms with Crippen molar-refractivity contribution in [2.75, 3.05) is 0 Å². The minimum Gasteiger partial charge on any atom is -0.103 e. The van der Waals surface area contributed by atoms with Crippen LogP contribution in [0.2, 0.25) is 0 Å². The Balaban J connectivity index is 0.000000302. The molecule has 0 radical (unpaired) electrons. The van der Waals surface area contributed by atoms with Gasteiger partial charge in [0.2, 0.25) is 0 Å². The maximum atomic E-state index is 3.78. The average molecular weight is 323 g/mol. The van der Waals surface area contributed by atoms with E-state index in [1.165, 1.54) is 116 Å². The summed E-state index contributed by atoms with van der Waals surface area (Å²) in [5, 5.41) is 0. The summed E-state index contributed by atoms with van der Waals surface area (Å²) in [6.45, 7) is 7.78. The molecule has 3 aliphatic carbocycles. The first-order chi connectivity index (χ1) is 11.4. The van der Waals surface area contributed by atoms with E-state index in [9.17, 15) is 0 Å². The topological polar surface area (TPSA) is 0 Å². The smallest absolute Gasteiger partial charge is 0.0236 e. The van der Waals surface area contributed by atoms with E-state index in [0.29, 0.717) is 0 Å². The first kappa shape index (κ1) is 22.7. The van der Waals surface area contributed by atoms with Gasteiger partial charge in [-0.15, -0.1) is 6.58 Å². The van der Waals surface area contributed by atoms with Gasteiger partial charge in [0, 0.05) is 0 Å². The fourth-order valence-corrected chi connectivity index (χ4v) is 3.67. The van der Waals surface area contributed by atoms with Gasteiger partial charge in [0.1, 0.15) is 0 Å². The summed E-state index contributed by atoms with van der Waals surface area (Å²) in [6.07, 6.45) is 28.7. The second kappa shape index (κ2) is 19.8. The summed E-state index contributed by atoms with van der Waals surface area (Å²) in [5.41, 5.74) is 0. The van der Waals surface area contributed by atoms with Gasteiger partial charge in [-0.25, -0.2) is 0 Å². The van der Waals surface area contributed by atoms with E-state index in [-0.39, 0.29) is 0 Å². The molecule has 0 bridgehead atoms. The van der Waals surface area contributed by atoms with Crippen molar-refractivity contribution in [1.29, 1.82) is 0 Å². The molecule has 0 unspecified atom stereocenters. The Hall–Kier alpha value is -0.260. The minimum absolute atomic E-state index is 0.851. The standard InChI is InChI=1S/C8H14.C7H14.C6H12.C2H6/c1-2-8-6-4-3-5-7-8;1-2-4-6-7-5-3-1;1-2-4-6-5-3-1;1-2/h2,8H,1,3-7H2;1-7H2;1-6H2;1-2H3. The Morgan fingerprint density at radius 3 is 0.870 bits per heavy atom. The molecule has 0 nitrogen and oxygen atoms in total. The fourth-order valence-electron chi connectivity index (χ4n) is 3.67. The second-order valence-corrected chi connectivity index (χ2v) is 7.23. The highest BCUT2D eigenvalue weighted by atomic mass is 14.1. The molecule has 0 spiro atoms. The van der Waals surface area contributed by atoms with E-state index in [0.717, 1.165) is 5.92 Å². The average Bonchev–Trinajstić information content (AvgIpc) is 2.99. The highest BCUT2D eigenvalue weighted by molar-refractivity contribution is 4.80. The van der Waals surface area contributed by atoms with Crippen LogP contribution in [0.25, 0.3) is 0 Å². The summed E-state index contributed by atoms with van der Waals surface area (Å²) >= 11 is 0. The molecule has 0 atom stereocenters. The number of hydrogen-bond acceptors (Lipinski definition) is 0. The van der Waals surface area contributed by atoms with Crippen molar-refractivity contribution in [1.82, 2.24) is 0 Å². The first-order valence-electron chi connectivity index (χ1n) is 11.1. The van der Waals surface area contributed by atoms with Crippen LogP contribution in [0, 0.1) is 5.92 Å². The van der Waals surface area contributed by atoms with E-state index in [2.05, 4.69) is 12.7 Å². The van der Waals surface area contributed by atoms with E-state index in [1.54, 1.807) is 0 Å². The van der Waals surface area contributed by atoms with Crippen LogP contribution in [0.4, 0.5) is 0 Å². The molecule has 0 N–H and O–H groups in total. The van der Waals surface area contributed by atoms with E-state index in [4.69, 9.17) is 0 Å². The Labute approximate surface area is 148 Å². The zero-order valence-electron chi connectivity index (χ0n) is 16.6. The zero-order chi connectivity index (χ0) is 17.0. The molecule has 0 aromatic carbocycles. The van der Waals surface area contributed by atoms with Gasteiger partial charge in [0.05, 0.1) is 0 Å². The number of hydrogen-bond donors (Lipinski definition) is 0. The Morgan fingerprint density at radius 2 is 0.696 bits per heavy atom. The lowest BCUT2D eigenvalue weighted by Crippen LogP contribution is -2.01. The molecule has 3 aliphatic rings. The maximum Gasteiger partial charge on any atom is -0.0236 e. The third-order valence-corrected chi connectivity index (χ3v) is 5.23. The van der Waals surface area contributed by atoms with Crippen LogP contribution in [0.3, 0.4) is 0 Å². The van der Waals surface area contributed by atoms with Crippen molar-refractivity contribution in [2.45, 2.75) is 129 Å². The summed E-state index contributed by atoms with van der Waals surface area (Å²) in [4.78, 5) is 0. The molecule has 0 heterocycles. The van der Waals surface area contributed by atoms with Crippen LogP contribution in [0.1, 0.15) is 129 Å². The summed E-state index contributed by atoms with van der Waals surface area (Å²) < 4.78 is 0. The monoisotopic (exact) mass is 322 g/mol. The lowest BCUT2D eigenvalue weighted by Gasteiger charge is -2.16. The van der Waals surface area contributed by atoms with Gasteiger partial charge in [-0.1, -0.05) is 123 Å². The summed E-state index contributed by atoms with van der Waals surface area (Å²) in [7, 11) is 0. The lowest BCUT2D eigenvalue weighted by atomic mass is 9.90. The molecular formula is C23H46. The third kappa shape index (κ3) is 16.4. The largest absolute Gasteiger partial charge is 0.103 e.